The molecule has 122 valence electrons. The number of hydrogen-bond acceptors (Lipinski definition) is 4. The van der Waals surface area contributed by atoms with Gasteiger partial charge in [0.2, 0.25) is 0 Å². The van der Waals surface area contributed by atoms with Crippen molar-refractivity contribution in [1.29, 1.82) is 0 Å². The van der Waals surface area contributed by atoms with Crippen molar-refractivity contribution in [2.75, 3.05) is 38.4 Å². The second-order valence-corrected chi connectivity index (χ2v) is 6.52. The molecule has 0 N–H and O–H groups in total. The van der Waals surface area contributed by atoms with Gasteiger partial charge in [-0.15, -0.1) is 0 Å². The van der Waals surface area contributed by atoms with Gasteiger partial charge in [0, 0.05) is 33.9 Å². The molecule has 1 amide bonds. The van der Waals surface area contributed by atoms with E-state index in [2.05, 4.69) is 16.8 Å². The van der Waals surface area contributed by atoms with Crippen LogP contribution in [-0.4, -0.2) is 53.8 Å². The Kier molecular flexibility index (Phi) is 4.38. The highest BCUT2D eigenvalue weighted by Gasteiger charge is 2.32. The number of fused-ring (bicyclic) bond motifs is 1. The minimum Gasteiger partial charge on any atom is -0.381 e. The summed E-state index contributed by atoms with van der Waals surface area (Å²) < 4.78 is 7.41. The summed E-state index contributed by atoms with van der Waals surface area (Å²) >= 11 is 0. The van der Waals surface area contributed by atoms with Crippen LogP contribution in [0.25, 0.3) is 0 Å². The highest BCUT2D eigenvalue weighted by molar-refractivity contribution is 5.99. The molecule has 1 saturated heterocycles. The summed E-state index contributed by atoms with van der Waals surface area (Å²) in [5.74, 6) is 2.21. The van der Waals surface area contributed by atoms with Crippen LogP contribution in [0.5, 0.6) is 0 Å². The first-order valence-corrected chi connectivity index (χ1v) is 8.21. The van der Waals surface area contributed by atoms with Crippen molar-refractivity contribution < 1.29 is 9.53 Å². The van der Waals surface area contributed by atoms with E-state index >= 15 is 0 Å². The quantitative estimate of drug-likeness (QED) is 0.850. The molecule has 0 aromatic carbocycles. The Balaban J connectivity index is 1.66. The van der Waals surface area contributed by atoms with Gasteiger partial charge in [-0.05, 0) is 24.7 Å². The average Bonchev–Trinajstić information content (AvgIpc) is 2.92. The highest BCUT2D eigenvalue weighted by atomic mass is 16.5. The third-order valence-corrected chi connectivity index (χ3v) is 5.08. The fraction of sp³-hybridized carbons (Fsp3) is 0.750. The first-order chi connectivity index (χ1) is 10.6. The lowest BCUT2D eigenvalue weighted by Crippen LogP contribution is -2.46. The van der Waals surface area contributed by atoms with Crippen molar-refractivity contribution in [3.8, 4) is 0 Å². The van der Waals surface area contributed by atoms with E-state index in [9.17, 15) is 4.79 Å². The van der Waals surface area contributed by atoms with E-state index in [0.717, 1.165) is 44.8 Å². The van der Waals surface area contributed by atoms with Gasteiger partial charge in [0.1, 0.15) is 0 Å². The number of nitrogens with zero attached hydrogens (tertiary/aromatic N) is 4. The molecule has 2 unspecified atom stereocenters. The number of aryl methyl sites for hydroxylation is 1. The molecule has 22 heavy (non-hydrogen) atoms. The molecule has 2 aliphatic heterocycles. The summed E-state index contributed by atoms with van der Waals surface area (Å²) in [4.78, 5) is 21.0. The lowest BCUT2D eigenvalue weighted by molar-refractivity contribution is 0.00942. The zero-order chi connectivity index (χ0) is 15.7. The lowest BCUT2D eigenvalue weighted by atomic mass is 9.84. The average molecular weight is 306 g/mol. The molecule has 0 aliphatic carbocycles. The van der Waals surface area contributed by atoms with Crippen LogP contribution in [0.4, 0.5) is 5.82 Å². The van der Waals surface area contributed by atoms with Gasteiger partial charge in [-0.1, -0.05) is 13.3 Å². The molecule has 1 aromatic rings. The number of ether oxygens (including phenoxy) is 1. The Hall–Kier alpha value is -1.56. The predicted molar refractivity (Wildman–Crippen MR) is 84.8 cm³/mol. The highest BCUT2D eigenvalue weighted by Crippen LogP contribution is 2.29. The van der Waals surface area contributed by atoms with Crippen molar-refractivity contribution in [3.05, 3.63) is 12.0 Å². The minimum absolute atomic E-state index is 0.105. The maximum atomic E-state index is 12.7. The Labute approximate surface area is 132 Å². The summed E-state index contributed by atoms with van der Waals surface area (Å²) in [5.41, 5.74) is 0.702. The van der Waals surface area contributed by atoms with Gasteiger partial charge in [-0.2, -0.15) is 0 Å². The van der Waals surface area contributed by atoms with Gasteiger partial charge in [0.25, 0.3) is 5.91 Å². The van der Waals surface area contributed by atoms with Crippen molar-refractivity contribution >= 4 is 11.7 Å². The molecule has 3 rings (SSSR count). The van der Waals surface area contributed by atoms with Gasteiger partial charge in [0.05, 0.1) is 13.0 Å². The van der Waals surface area contributed by atoms with Crippen molar-refractivity contribution in [2.45, 2.75) is 26.2 Å². The normalized spacial score (nSPS) is 25.5. The number of amides is 1. The van der Waals surface area contributed by atoms with E-state index in [4.69, 9.17) is 4.74 Å². The van der Waals surface area contributed by atoms with E-state index in [1.54, 1.807) is 6.33 Å². The van der Waals surface area contributed by atoms with Crippen LogP contribution in [0.3, 0.4) is 0 Å². The smallest absolute Gasteiger partial charge is 0.275 e. The molecule has 0 bridgehead atoms. The number of aromatic nitrogens is 2. The molecular formula is C16H26N4O2. The molecule has 0 saturated carbocycles. The van der Waals surface area contributed by atoms with Gasteiger partial charge < -0.3 is 19.1 Å². The molecule has 1 fully saturated rings. The summed E-state index contributed by atoms with van der Waals surface area (Å²) in [5, 5.41) is 0. The Morgan fingerprint density at radius 2 is 2.18 bits per heavy atom. The summed E-state index contributed by atoms with van der Waals surface area (Å²) in [7, 11) is 3.88. The molecule has 0 radical (unpaired) electrons. The number of carbonyl (C=O) groups excluding carboxylic acids is 1. The molecule has 6 nitrogen and oxygen atoms in total. The van der Waals surface area contributed by atoms with Crippen LogP contribution >= 0.6 is 0 Å². The van der Waals surface area contributed by atoms with E-state index in [1.165, 1.54) is 0 Å². The van der Waals surface area contributed by atoms with Gasteiger partial charge in [0.15, 0.2) is 11.5 Å². The standard InChI is InChI=1S/C16H26N4O2/c1-4-12-9-22-8-6-13(12)5-7-20-11-19(3)15-14(16(20)21)18(2)10-17-15/h10,12-13H,4-9,11H2,1-3H3. The SMILES string of the molecule is CCC1COCCC1CCN1CN(C)c2ncn(C)c2C1=O. The minimum atomic E-state index is 0.105. The second-order valence-electron chi connectivity index (χ2n) is 6.52. The van der Waals surface area contributed by atoms with Crippen LogP contribution in [0.15, 0.2) is 6.33 Å². The summed E-state index contributed by atoms with van der Waals surface area (Å²) in [6.07, 6.45) is 5.06. The number of imidazole rings is 1. The third kappa shape index (κ3) is 2.72. The third-order valence-electron chi connectivity index (χ3n) is 5.08. The van der Waals surface area contributed by atoms with Gasteiger partial charge >= 0.3 is 0 Å². The maximum Gasteiger partial charge on any atom is 0.275 e. The Morgan fingerprint density at radius 1 is 1.36 bits per heavy atom. The predicted octanol–water partition coefficient (Wildman–Crippen LogP) is 1.72. The monoisotopic (exact) mass is 306 g/mol. The number of rotatable bonds is 4. The van der Waals surface area contributed by atoms with Crippen molar-refractivity contribution in [2.24, 2.45) is 18.9 Å². The Morgan fingerprint density at radius 3 is 2.95 bits per heavy atom. The Bertz CT molecular complexity index is 542. The fourth-order valence-corrected chi connectivity index (χ4v) is 3.65. The van der Waals surface area contributed by atoms with Gasteiger partial charge in [-0.3, -0.25) is 4.79 Å². The molecule has 2 atom stereocenters. The summed E-state index contributed by atoms with van der Waals surface area (Å²) in [6, 6.07) is 0. The molecule has 6 heteroatoms. The summed E-state index contributed by atoms with van der Waals surface area (Å²) in [6.45, 7) is 5.41. The second kappa shape index (κ2) is 6.28. The van der Waals surface area contributed by atoms with Crippen molar-refractivity contribution in [3.63, 3.8) is 0 Å². The van der Waals surface area contributed by atoms with E-state index in [1.807, 2.05) is 23.6 Å². The van der Waals surface area contributed by atoms with E-state index in [0.29, 0.717) is 24.2 Å². The number of hydrogen-bond donors (Lipinski definition) is 0. The van der Waals surface area contributed by atoms with Crippen LogP contribution < -0.4 is 4.90 Å². The zero-order valence-corrected chi connectivity index (χ0v) is 13.8. The molecule has 1 aromatic heterocycles. The van der Waals surface area contributed by atoms with Crippen molar-refractivity contribution in [1.82, 2.24) is 14.5 Å². The van der Waals surface area contributed by atoms with Crippen LogP contribution in [0.1, 0.15) is 36.7 Å². The maximum absolute atomic E-state index is 12.7. The zero-order valence-electron chi connectivity index (χ0n) is 13.8. The number of anilines is 1. The molecule has 3 heterocycles. The van der Waals surface area contributed by atoms with E-state index < -0.39 is 0 Å². The van der Waals surface area contributed by atoms with Crippen LogP contribution in [0, 0.1) is 11.8 Å². The first-order valence-electron chi connectivity index (χ1n) is 8.21. The molecular weight excluding hydrogens is 280 g/mol. The fourth-order valence-electron chi connectivity index (χ4n) is 3.65. The topological polar surface area (TPSA) is 50.6 Å². The molecule has 0 spiro atoms. The van der Waals surface area contributed by atoms with Crippen LogP contribution in [-0.2, 0) is 11.8 Å². The van der Waals surface area contributed by atoms with Crippen LogP contribution in [0.2, 0.25) is 0 Å². The van der Waals surface area contributed by atoms with Gasteiger partial charge in [-0.25, -0.2) is 4.98 Å². The van der Waals surface area contributed by atoms with E-state index in [-0.39, 0.29) is 5.91 Å². The first kappa shape index (κ1) is 15.3. The number of carbonyl (C=O) groups is 1. The largest absolute Gasteiger partial charge is 0.381 e. The molecule has 2 aliphatic rings. The lowest BCUT2D eigenvalue weighted by Gasteiger charge is -2.36.